The third-order valence-corrected chi connectivity index (χ3v) is 3.89. The van der Waals surface area contributed by atoms with Crippen LogP contribution in [0.2, 0.25) is 0 Å². The van der Waals surface area contributed by atoms with E-state index in [2.05, 4.69) is 6.92 Å². The van der Waals surface area contributed by atoms with Crippen LogP contribution in [0.1, 0.15) is 34.3 Å². The van der Waals surface area contributed by atoms with Gasteiger partial charge >= 0.3 is 0 Å². The zero-order valence-electron chi connectivity index (χ0n) is 11.7. The quantitative estimate of drug-likeness (QED) is 0.848. The molecular formula is C15H22N2O2. The van der Waals surface area contributed by atoms with E-state index < -0.39 is 0 Å². The molecular weight excluding hydrogens is 240 g/mol. The van der Waals surface area contributed by atoms with Gasteiger partial charge in [-0.05, 0) is 49.9 Å². The van der Waals surface area contributed by atoms with Gasteiger partial charge in [-0.1, -0.05) is 6.07 Å². The van der Waals surface area contributed by atoms with Gasteiger partial charge in [0.2, 0.25) is 0 Å². The molecule has 0 radical (unpaired) electrons. The smallest absolute Gasteiger partial charge is 0.253 e. The summed E-state index contributed by atoms with van der Waals surface area (Å²) in [6, 6.07) is 5.89. The van der Waals surface area contributed by atoms with Crippen molar-refractivity contribution >= 4 is 5.91 Å². The van der Waals surface area contributed by atoms with Crippen molar-refractivity contribution in [2.45, 2.75) is 26.7 Å². The predicted octanol–water partition coefficient (Wildman–Crippen LogP) is 2.05. The van der Waals surface area contributed by atoms with Crippen molar-refractivity contribution in [3.8, 4) is 0 Å². The minimum Gasteiger partial charge on any atom is -0.338 e. The van der Waals surface area contributed by atoms with Crippen molar-refractivity contribution < 1.29 is 9.63 Å². The molecule has 0 aromatic heterocycles. The van der Waals surface area contributed by atoms with Crippen molar-refractivity contribution in [3.05, 3.63) is 34.9 Å². The van der Waals surface area contributed by atoms with E-state index in [0.717, 1.165) is 37.1 Å². The van der Waals surface area contributed by atoms with Crippen molar-refractivity contribution in [2.24, 2.45) is 11.8 Å². The Morgan fingerprint density at radius 2 is 2.21 bits per heavy atom. The van der Waals surface area contributed by atoms with E-state index in [-0.39, 0.29) is 5.91 Å². The molecule has 1 saturated heterocycles. The number of nitrogens with two attached hydrogens (primary N) is 1. The Morgan fingerprint density at radius 1 is 1.42 bits per heavy atom. The van der Waals surface area contributed by atoms with E-state index in [1.165, 1.54) is 5.56 Å². The first-order chi connectivity index (χ1) is 9.11. The highest BCUT2D eigenvalue weighted by molar-refractivity contribution is 5.94. The van der Waals surface area contributed by atoms with Gasteiger partial charge in [-0.3, -0.25) is 4.79 Å². The van der Waals surface area contributed by atoms with Gasteiger partial charge < -0.3 is 9.74 Å². The van der Waals surface area contributed by atoms with Gasteiger partial charge in [0, 0.05) is 24.6 Å². The average molecular weight is 262 g/mol. The molecule has 2 N–H and O–H groups in total. The van der Waals surface area contributed by atoms with Crippen molar-refractivity contribution in [2.75, 3.05) is 19.7 Å². The minimum absolute atomic E-state index is 0.116. The summed E-state index contributed by atoms with van der Waals surface area (Å²) in [5, 5.41) is 0. The fourth-order valence-electron chi connectivity index (χ4n) is 2.58. The number of nitrogens with zero attached hydrogens (tertiary/aromatic N) is 1. The molecule has 0 saturated carbocycles. The van der Waals surface area contributed by atoms with Crippen LogP contribution in [-0.2, 0) is 4.84 Å². The van der Waals surface area contributed by atoms with Crippen LogP contribution < -0.4 is 5.90 Å². The highest BCUT2D eigenvalue weighted by Crippen LogP contribution is 2.19. The SMILES string of the molecule is Cc1ccc(C(=O)N2CCCC(CON)C2)cc1C. The second-order valence-electron chi connectivity index (χ2n) is 5.39. The van der Waals surface area contributed by atoms with Crippen LogP contribution in [-0.4, -0.2) is 30.5 Å². The molecule has 1 aliphatic rings. The Hall–Kier alpha value is -1.39. The standard InChI is InChI=1S/C15H22N2O2/c1-11-5-6-14(8-12(11)2)15(18)17-7-3-4-13(9-17)10-19-16/h5-6,8,13H,3-4,7,9-10,16H2,1-2H3. The summed E-state index contributed by atoms with van der Waals surface area (Å²) in [6.45, 7) is 6.18. The molecule has 1 heterocycles. The Balaban J connectivity index is 2.08. The monoisotopic (exact) mass is 262 g/mol. The molecule has 1 unspecified atom stereocenters. The molecule has 1 aliphatic heterocycles. The highest BCUT2D eigenvalue weighted by Gasteiger charge is 2.24. The molecule has 19 heavy (non-hydrogen) atoms. The Labute approximate surface area is 114 Å². The maximum atomic E-state index is 12.5. The van der Waals surface area contributed by atoms with Crippen LogP contribution in [0.15, 0.2) is 18.2 Å². The van der Waals surface area contributed by atoms with Crippen LogP contribution in [0.25, 0.3) is 0 Å². The largest absolute Gasteiger partial charge is 0.338 e. The second-order valence-corrected chi connectivity index (χ2v) is 5.39. The van der Waals surface area contributed by atoms with Gasteiger partial charge in [0.1, 0.15) is 0 Å². The number of hydrogen-bond acceptors (Lipinski definition) is 3. The average Bonchev–Trinajstić information content (AvgIpc) is 2.42. The summed E-state index contributed by atoms with van der Waals surface area (Å²) in [7, 11) is 0. The maximum Gasteiger partial charge on any atom is 0.253 e. The number of aryl methyl sites for hydroxylation is 2. The molecule has 1 atom stereocenters. The van der Waals surface area contributed by atoms with Crippen LogP contribution in [0.5, 0.6) is 0 Å². The molecule has 1 amide bonds. The van der Waals surface area contributed by atoms with Gasteiger partial charge in [-0.2, -0.15) is 0 Å². The Morgan fingerprint density at radius 3 is 2.89 bits per heavy atom. The van der Waals surface area contributed by atoms with Crippen molar-refractivity contribution in [1.29, 1.82) is 0 Å². The van der Waals surface area contributed by atoms with Gasteiger partial charge in [-0.15, -0.1) is 0 Å². The Kier molecular flexibility index (Phi) is 4.56. The van der Waals surface area contributed by atoms with E-state index in [1.54, 1.807) is 0 Å². The zero-order chi connectivity index (χ0) is 13.8. The molecule has 4 heteroatoms. The lowest BCUT2D eigenvalue weighted by molar-refractivity contribution is 0.0472. The molecule has 1 fully saturated rings. The maximum absolute atomic E-state index is 12.5. The van der Waals surface area contributed by atoms with E-state index in [1.807, 2.05) is 30.0 Å². The third kappa shape index (κ3) is 3.33. The molecule has 1 aromatic carbocycles. The molecule has 0 aliphatic carbocycles. The van der Waals surface area contributed by atoms with Crippen LogP contribution in [0.3, 0.4) is 0 Å². The normalized spacial score (nSPS) is 19.5. The van der Waals surface area contributed by atoms with Gasteiger partial charge in [0.25, 0.3) is 5.91 Å². The zero-order valence-corrected chi connectivity index (χ0v) is 11.7. The summed E-state index contributed by atoms with van der Waals surface area (Å²) in [5.41, 5.74) is 3.15. The van der Waals surface area contributed by atoms with E-state index in [0.29, 0.717) is 12.5 Å². The number of carbonyl (C=O) groups is 1. The highest BCUT2D eigenvalue weighted by atomic mass is 16.6. The number of piperidine rings is 1. The second kappa shape index (κ2) is 6.17. The third-order valence-electron chi connectivity index (χ3n) is 3.89. The lowest BCUT2D eigenvalue weighted by atomic mass is 9.97. The van der Waals surface area contributed by atoms with E-state index >= 15 is 0 Å². The lowest BCUT2D eigenvalue weighted by Gasteiger charge is -2.32. The molecule has 2 rings (SSSR count). The van der Waals surface area contributed by atoms with Crippen molar-refractivity contribution in [3.63, 3.8) is 0 Å². The number of rotatable bonds is 3. The minimum atomic E-state index is 0.116. The molecule has 104 valence electrons. The topological polar surface area (TPSA) is 55.6 Å². The fourth-order valence-corrected chi connectivity index (χ4v) is 2.58. The number of hydrogen-bond donors (Lipinski definition) is 1. The number of likely N-dealkylation sites (tertiary alicyclic amines) is 1. The number of amides is 1. The van der Waals surface area contributed by atoms with Crippen LogP contribution >= 0.6 is 0 Å². The fraction of sp³-hybridized carbons (Fsp3) is 0.533. The van der Waals surface area contributed by atoms with Gasteiger partial charge in [0.15, 0.2) is 0 Å². The summed E-state index contributed by atoms with van der Waals surface area (Å²) < 4.78 is 0. The molecule has 0 spiro atoms. The number of carbonyl (C=O) groups excluding carboxylic acids is 1. The Bertz CT molecular complexity index is 457. The predicted molar refractivity (Wildman–Crippen MR) is 74.7 cm³/mol. The lowest BCUT2D eigenvalue weighted by Crippen LogP contribution is -2.41. The summed E-state index contributed by atoms with van der Waals surface area (Å²) in [4.78, 5) is 19.1. The van der Waals surface area contributed by atoms with Crippen LogP contribution in [0, 0.1) is 19.8 Å². The van der Waals surface area contributed by atoms with E-state index in [9.17, 15) is 4.79 Å². The first-order valence-corrected chi connectivity index (χ1v) is 6.80. The van der Waals surface area contributed by atoms with Gasteiger partial charge in [-0.25, -0.2) is 5.90 Å². The summed E-state index contributed by atoms with van der Waals surface area (Å²) >= 11 is 0. The first-order valence-electron chi connectivity index (χ1n) is 6.80. The summed E-state index contributed by atoms with van der Waals surface area (Å²) in [5.74, 6) is 5.60. The summed E-state index contributed by atoms with van der Waals surface area (Å²) in [6.07, 6.45) is 2.10. The first kappa shape index (κ1) is 14.0. The molecule has 4 nitrogen and oxygen atoms in total. The molecule has 1 aromatic rings. The van der Waals surface area contributed by atoms with Crippen molar-refractivity contribution in [1.82, 2.24) is 4.90 Å². The number of benzene rings is 1. The van der Waals surface area contributed by atoms with E-state index in [4.69, 9.17) is 10.7 Å². The van der Waals surface area contributed by atoms with Crippen LogP contribution in [0.4, 0.5) is 0 Å². The molecule has 0 bridgehead atoms. The van der Waals surface area contributed by atoms with Gasteiger partial charge in [0.05, 0.1) is 6.61 Å².